The number of halogens is 1. The second-order valence-electron chi connectivity index (χ2n) is 5.63. The lowest BCUT2D eigenvalue weighted by Crippen LogP contribution is -2.15. The zero-order chi connectivity index (χ0) is 16.4. The molecule has 0 saturated carbocycles. The van der Waals surface area contributed by atoms with Gasteiger partial charge in [-0.25, -0.2) is 0 Å². The van der Waals surface area contributed by atoms with Crippen LogP contribution in [-0.2, 0) is 24.2 Å². The number of amides is 1. The number of thiophene rings is 1. The number of hydrogen-bond acceptors (Lipinski definition) is 4. The molecule has 0 fully saturated rings. The van der Waals surface area contributed by atoms with Crippen molar-refractivity contribution in [2.75, 3.05) is 5.32 Å². The molecule has 120 valence electrons. The van der Waals surface area contributed by atoms with E-state index in [0.29, 0.717) is 23.5 Å². The summed E-state index contributed by atoms with van der Waals surface area (Å²) in [6, 6.07) is 2.27. The quantitative estimate of drug-likeness (QED) is 0.859. The monoisotopic (exact) mass is 392 g/mol. The zero-order valence-corrected chi connectivity index (χ0v) is 15.3. The van der Waals surface area contributed by atoms with E-state index >= 15 is 0 Å². The minimum Gasteiger partial charge on any atom is -0.317 e. The van der Waals surface area contributed by atoms with Gasteiger partial charge in [0.05, 0.1) is 22.8 Å². The smallest absolute Gasteiger partial charge is 0.226 e. The number of rotatable bonds is 4. The van der Waals surface area contributed by atoms with Gasteiger partial charge >= 0.3 is 0 Å². The van der Waals surface area contributed by atoms with Crippen LogP contribution in [0.15, 0.2) is 10.7 Å². The Morgan fingerprint density at radius 2 is 2.30 bits per heavy atom. The summed E-state index contributed by atoms with van der Waals surface area (Å²) < 4.78 is 2.74. The van der Waals surface area contributed by atoms with Gasteiger partial charge in [-0.15, -0.1) is 11.3 Å². The lowest BCUT2D eigenvalue weighted by Gasteiger charge is -2.09. The highest BCUT2D eigenvalue weighted by Crippen LogP contribution is 2.37. The number of nitrogens with zero attached hydrogens (tertiary/aromatic N) is 3. The highest BCUT2D eigenvalue weighted by Gasteiger charge is 2.21. The van der Waals surface area contributed by atoms with Crippen molar-refractivity contribution in [3.63, 3.8) is 0 Å². The van der Waals surface area contributed by atoms with Crippen LogP contribution >= 0.6 is 27.3 Å². The second kappa shape index (κ2) is 6.85. The van der Waals surface area contributed by atoms with E-state index in [1.807, 2.05) is 6.92 Å². The number of aromatic nitrogens is 2. The maximum Gasteiger partial charge on any atom is 0.226 e. The largest absolute Gasteiger partial charge is 0.317 e. The van der Waals surface area contributed by atoms with Gasteiger partial charge in [0.15, 0.2) is 0 Å². The molecule has 0 atom stereocenters. The lowest BCUT2D eigenvalue weighted by molar-refractivity contribution is -0.116. The Hall–Kier alpha value is -1.65. The molecular formula is C16H17BrN4OS. The van der Waals surface area contributed by atoms with Gasteiger partial charge in [-0.3, -0.25) is 9.48 Å². The summed E-state index contributed by atoms with van der Waals surface area (Å²) in [6.45, 7) is 2.48. The van der Waals surface area contributed by atoms with Crippen LogP contribution in [0.3, 0.4) is 0 Å². The van der Waals surface area contributed by atoms with E-state index < -0.39 is 0 Å². The number of carbonyl (C=O) groups excluding carboxylic acids is 1. The van der Waals surface area contributed by atoms with Crippen molar-refractivity contribution < 1.29 is 4.79 Å². The first-order chi connectivity index (χ1) is 11.1. The van der Waals surface area contributed by atoms with Crippen molar-refractivity contribution in [1.29, 1.82) is 5.26 Å². The molecule has 7 heteroatoms. The molecule has 0 radical (unpaired) electrons. The van der Waals surface area contributed by atoms with Gasteiger partial charge in [0, 0.05) is 17.0 Å². The molecule has 3 rings (SSSR count). The van der Waals surface area contributed by atoms with Gasteiger partial charge in [0.2, 0.25) is 5.91 Å². The minimum atomic E-state index is -0.0777. The summed E-state index contributed by atoms with van der Waals surface area (Å²) in [5.41, 5.74) is 2.81. The van der Waals surface area contributed by atoms with Gasteiger partial charge in [-0.2, -0.15) is 10.4 Å². The first-order valence-electron chi connectivity index (χ1n) is 7.62. The summed E-state index contributed by atoms with van der Waals surface area (Å²) >= 11 is 4.97. The molecule has 1 aliphatic carbocycles. The Morgan fingerprint density at radius 1 is 1.52 bits per heavy atom. The number of nitriles is 1. The van der Waals surface area contributed by atoms with Gasteiger partial charge in [-0.05, 0) is 54.1 Å². The van der Waals surface area contributed by atoms with E-state index in [1.54, 1.807) is 22.2 Å². The van der Waals surface area contributed by atoms with E-state index in [4.69, 9.17) is 0 Å². The van der Waals surface area contributed by atoms with Crippen molar-refractivity contribution in [2.24, 2.45) is 0 Å². The molecule has 1 amide bonds. The van der Waals surface area contributed by atoms with Crippen LogP contribution in [0.1, 0.15) is 41.0 Å². The molecule has 0 unspecified atom stereocenters. The van der Waals surface area contributed by atoms with Crippen LogP contribution in [0.4, 0.5) is 5.00 Å². The number of hydrogen-bond donors (Lipinski definition) is 1. The second-order valence-corrected chi connectivity index (χ2v) is 7.59. The molecular weight excluding hydrogens is 376 g/mol. The third kappa shape index (κ3) is 3.33. The SMILES string of the molecule is Cc1c(Br)cnn1CCC(=O)Nc1sc2c(c1C#N)CCCC2. The summed E-state index contributed by atoms with van der Waals surface area (Å²) in [5, 5.41) is 17.3. The van der Waals surface area contributed by atoms with E-state index in [1.165, 1.54) is 11.3 Å². The topological polar surface area (TPSA) is 70.7 Å². The number of nitrogens with one attached hydrogen (secondary N) is 1. The molecule has 0 spiro atoms. The Morgan fingerprint density at radius 3 is 3.00 bits per heavy atom. The number of anilines is 1. The van der Waals surface area contributed by atoms with E-state index in [0.717, 1.165) is 35.0 Å². The molecule has 0 aromatic carbocycles. The average molecular weight is 393 g/mol. The molecule has 2 aromatic heterocycles. The molecule has 0 saturated heterocycles. The van der Waals surface area contributed by atoms with E-state index in [9.17, 15) is 10.1 Å². The molecule has 5 nitrogen and oxygen atoms in total. The Balaban J connectivity index is 1.67. The summed E-state index contributed by atoms with van der Waals surface area (Å²) in [6.07, 6.45) is 6.32. The van der Waals surface area contributed by atoms with Crippen molar-refractivity contribution in [3.8, 4) is 6.07 Å². The zero-order valence-electron chi connectivity index (χ0n) is 12.9. The fourth-order valence-electron chi connectivity index (χ4n) is 2.82. The Bertz CT molecular complexity index is 787. The van der Waals surface area contributed by atoms with Gasteiger partial charge in [-0.1, -0.05) is 0 Å². The minimum absolute atomic E-state index is 0.0777. The highest BCUT2D eigenvalue weighted by molar-refractivity contribution is 9.10. The maximum absolute atomic E-state index is 12.2. The molecule has 1 aliphatic rings. The number of aryl methyl sites for hydroxylation is 2. The molecule has 0 bridgehead atoms. The van der Waals surface area contributed by atoms with Crippen molar-refractivity contribution in [2.45, 2.75) is 45.6 Å². The normalized spacial score (nSPS) is 13.4. The first kappa shape index (κ1) is 16.2. The van der Waals surface area contributed by atoms with Crippen molar-refractivity contribution in [3.05, 3.63) is 32.4 Å². The van der Waals surface area contributed by atoms with Gasteiger partial charge in [0.1, 0.15) is 11.1 Å². The predicted molar refractivity (Wildman–Crippen MR) is 93.6 cm³/mol. The predicted octanol–water partition coefficient (Wildman–Crippen LogP) is 3.79. The van der Waals surface area contributed by atoms with Crippen molar-refractivity contribution >= 4 is 38.2 Å². The van der Waals surface area contributed by atoms with Crippen LogP contribution in [0.25, 0.3) is 0 Å². The molecule has 0 aliphatic heterocycles. The lowest BCUT2D eigenvalue weighted by atomic mass is 9.96. The number of fused-ring (bicyclic) bond motifs is 1. The van der Waals surface area contributed by atoms with Crippen LogP contribution in [0.5, 0.6) is 0 Å². The molecule has 1 N–H and O–H groups in total. The highest BCUT2D eigenvalue weighted by atomic mass is 79.9. The average Bonchev–Trinajstić information content (AvgIpc) is 3.06. The third-order valence-electron chi connectivity index (χ3n) is 4.13. The Kier molecular flexibility index (Phi) is 4.83. The van der Waals surface area contributed by atoms with Crippen LogP contribution in [0.2, 0.25) is 0 Å². The van der Waals surface area contributed by atoms with E-state index in [-0.39, 0.29) is 5.91 Å². The number of carbonyl (C=O) groups is 1. The van der Waals surface area contributed by atoms with Crippen molar-refractivity contribution in [1.82, 2.24) is 9.78 Å². The summed E-state index contributed by atoms with van der Waals surface area (Å²) in [7, 11) is 0. The van der Waals surface area contributed by atoms with Crippen LogP contribution in [-0.4, -0.2) is 15.7 Å². The first-order valence-corrected chi connectivity index (χ1v) is 9.23. The van der Waals surface area contributed by atoms with E-state index in [2.05, 4.69) is 32.4 Å². The molecule has 2 heterocycles. The Labute approximate surface area is 147 Å². The fourth-order valence-corrected chi connectivity index (χ4v) is 4.37. The summed E-state index contributed by atoms with van der Waals surface area (Å²) in [4.78, 5) is 13.5. The molecule has 2 aromatic rings. The van der Waals surface area contributed by atoms with Gasteiger partial charge in [0.25, 0.3) is 0 Å². The fraction of sp³-hybridized carbons (Fsp3) is 0.438. The molecule has 23 heavy (non-hydrogen) atoms. The maximum atomic E-state index is 12.2. The van der Waals surface area contributed by atoms with Gasteiger partial charge < -0.3 is 5.32 Å². The standard InChI is InChI=1S/C16H17BrN4OS/c1-10-13(17)9-19-21(10)7-6-15(22)20-16-12(8-18)11-4-2-3-5-14(11)23-16/h9H,2-7H2,1H3,(H,20,22). The van der Waals surface area contributed by atoms with Crippen LogP contribution in [0, 0.1) is 18.3 Å². The van der Waals surface area contributed by atoms with Crippen LogP contribution < -0.4 is 5.32 Å². The summed E-state index contributed by atoms with van der Waals surface area (Å²) in [5.74, 6) is -0.0777. The third-order valence-corrected chi connectivity index (χ3v) is 6.12.